The molecule has 1 fully saturated rings. The zero-order valence-electron chi connectivity index (χ0n) is 9.46. The Morgan fingerprint density at radius 2 is 2.00 bits per heavy atom. The molecule has 1 aliphatic heterocycles. The van der Waals surface area contributed by atoms with Gasteiger partial charge in [0.25, 0.3) is 0 Å². The number of ether oxygens (including phenoxy) is 1. The number of rotatable bonds is 3. The van der Waals surface area contributed by atoms with Crippen molar-refractivity contribution in [3.63, 3.8) is 0 Å². The Bertz CT molecular complexity index is 134. The first-order chi connectivity index (χ1) is 6.59. The summed E-state index contributed by atoms with van der Waals surface area (Å²) in [5, 5.41) is 0. The van der Waals surface area contributed by atoms with E-state index in [1.54, 1.807) is 0 Å². The topological polar surface area (TPSA) is 12.5 Å². The molecular formula is C10H21F2NO. The van der Waals surface area contributed by atoms with Gasteiger partial charge in [0.1, 0.15) is 0 Å². The average molecular weight is 209 g/mol. The molecular weight excluding hydrogens is 188 g/mol. The summed E-state index contributed by atoms with van der Waals surface area (Å²) in [5.74, 6) is 0.277. The predicted molar refractivity (Wildman–Crippen MR) is 53.5 cm³/mol. The first-order valence-electron chi connectivity index (χ1n) is 5.19. The molecule has 14 heavy (non-hydrogen) atoms. The van der Waals surface area contributed by atoms with Crippen LogP contribution in [0.2, 0.25) is 0 Å². The van der Waals surface area contributed by atoms with E-state index in [1.807, 2.05) is 20.9 Å². The zero-order valence-corrected chi connectivity index (χ0v) is 9.46. The minimum absolute atomic E-state index is 0.187. The summed E-state index contributed by atoms with van der Waals surface area (Å²) in [6.07, 6.45) is 0.962. The van der Waals surface area contributed by atoms with Crippen LogP contribution in [-0.2, 0) is 4.74 Å². The van der Waals surface area contributed by atoms with Crippen LogP contribution in [-0.4, -0.2) is 37.8 Å². The van der Waals surface area contributed by atoms with Gasteiger partial charge in [-0.05, 0) is 26.3 Å². The maximum absolute atomic E-state index is 11.6. The molecule has 0 amide bonds. The molecule has 0 aliphatic carbocycles. The minimum atomic E-state index is -2.62. The van der Waals surface area contributed by atoms with E-state index >= 15 is 0 Å². The molecule has 1 aliphatic rings. The summed E-state index contributed by atoms with van der Waals surface area (Å²) in [6.45, 7) is 4.54. The molecule has 2 unspecified atom stereocenters. The number of alkyl halides is 2. The molecule has 1 saturated heterocycles. The summed E-state index contributed by atoms with van der Waals surface area (Å²) < 4.78 is 27.6. The van der Waals surface area contributed by atoms with Crippen molar-refractivity contribution in [1.29, 1.82) is 0 Å². The summed E-state index contributed by atoms with van der Waals surface area (Å²) >= 11 is 0. The largest absolute Gasteiger partial charge is 0.345 e. The highest BCUT2D eigenvalue weighted by Crippen LogP contribution is 2.21. The van der Waals surface area contributed by atoms with Gasteiger partial charge in [0.05, 0.1) is 6.61 Å². The van der Waals surface area contributed by atoms with Crippen molar-refractivity contribution in [2.75, 3.05) is 20.2 Å². The van der Waals surface area contributed by atoms with E-state index in [4.69, 9.17) is 0 Å². The van der Waals surface area contributed by atoms with E-state index in [2.05, 4.69) is 16.6 Å². The highest BCUT2D eigenvalue weighted by atomic mass is 19.3. The van der Waals surface area contributed by atoms with Gasteiger partial charge in [-0.25, -0.2) is 0 Å². The van der Waals surface area contributed by atoms with E-state index in [0.29, 0.717) is 6.04 Å². The van der Waals surface area contributed by atoms with Crippen LogP contribution in [0.5, 0.6) is 0 Å². The van der Waals surface area contributed by atoms with Crippen molar-refractivity contribution in [1.82, 2.24) is 4.90 Å². The van der Waals surface area contributed by atoms with E-state index in [1.165, 1.54) is 0 Å². The molecule has 0 radical (unpaired) electrons. The van der Waals surface area contributed by atoms with Gasteiger partial charge in [-0.3, -0.25) is 0 Å². The Balaban J connectivity index is 0.000000791. The lowest BCUT2D eigenvalue weighted by atomic mass is 10.1. The van der Waals surface area contributed by atoms with Crippen molar-refractivity contribution in [3.8, 4) is 0 Å². The third-order valence-electron chi connectivity index (χ3n) is 2.43. The Morgan fingerprint density at radius 3 is 2.36 bits per heavy atom. The standard InChI is InChI=1S/C8H15F2NO.C2H6/c1-6-3-7(4-11(6)2)5-12-8(9)10;1-2/h6-8H,3-5H2,1-2H3;1-2H3. The first kappa shape index (κ1) is 13.8. The van der Waals surface area contributed by atoms with Gasteiger partial charge < -0.3 is 9.64 Å². The highest BCUT2D eigenvalue weighted by Gasteiger charge is 2.26. The lowest BCUT2D eigenvalue weighted by Crippen LogP contribution is -2.22. The summed E-state index contributed by atoms with van der Waals surface area (Å²) in [5.41, 5.74) is 0. The Morgan fingerprint density at radius 1 is 1.43 bits per heavy atom. The van der Waals surface area contributed by atoms with Gasteiger partial charge in [0.2, 0.25) is 0 Å². The summed E-state index contributed by atoms with van der Waals surface area (Å²) in [4.78, 5) is 2.17. The van der Waals surface area contributed by atoms with Crippen molar-refractivity contribution < 1.29 is 13.5 Å². The molecule has 0 bridgehead atoms. The maximum Gasteiger partial charge on any atom is 0.345 e. The van der Waals surface area contributed by atoms with Crippen molar-refractivity contribution in [2.45, 2.75) is 39.8 Å². The van der Waals surface area contributed by atoms with Crippen molar-refractivity contribution >= 4 is 0 Å². The van der Waals surface area contributed by atoms with Crippen LogP contribution in [0.3, 0.4) is 0 Å². The quantitative estimate of drug-likeness (QED) is 0.708. The molecule has 0 N–H and O–H groups in total. The molecule has 2 nitrogen and oxygen atoms in total. The van der Waals surface area contributed by atoms with Gasteiger partial charge in [0.15, 0.2) is 0 Å². The molecule has 0 aromatic rings. The smallest absolute Gasteiger partial charge is 0.323 e. The highest BCUT2D eigenvalue weighted by molar-refractivity contribution is 4.79. The molecule has 0 spiro atoms. The normalized spacial score (nSPS) is 27.6. The van der Waals surface area contributed by atoms with Crippen LogP contribution in [0.15, 0.2) is 0 Å². The number of likely N-dealkylation sites (tertiary alicyclic amines) is 1. The van der Waals surface area contributed by atoms with E-state index in [0.717, 1.165) is 13.0 Å². The predicted octanol–water partition coefficient (Wildman–Crippen LogP) is 2.59. The van der Waals surface area contributed by atoms with Crippen LogP contribution < -0.4 is 0 Å². The van der Waals surface area contributed by atoms with Crippen LogP contribution in [0.4, 0.5) is 8.78 Å². The van der Waals surface area contributed by atoms with Crippen LogP contribution in [0, 0.1) is 5.92 Å². The van der Waals surface area contributed by atoms with Crippen LogP contribution in [0.1, 0.15) is 27.2 Å². The molecule has 86 valence electrons. The van der Waals surface area contributed by atoms with E-state index in [-0.39, 0.29) is 12.5 Å². The van der Waals surface area contributed by atoms with E-state index in [9.17, 15) is 8.78 Å². The maximum atomic E-state index is 11.6. The number of halogens is 2. The number of hydrogen-bond acceptors (Lipinski definition) is 2. The van der Waals surface area contributed by atoms with E-state index < -0.39 is 6.61 Å². The summed E-state index contributed by atoms with van der Waals surface area (Å²) in [6, 6.07) is 0.497. The fraction of sp³-hybridized carbons (Fsp3) is 1.00. The first-order valence-corrected chi connectivity index (χ1v) is 5.19. The van der Waals surface area contributed by atoms with Gasteiger partial charge in [0, 0.05) is 12.6 Å². The number of hydrogen-bond donors (Lipinski definition) is 0. The second kappa shape index (κ2) is 7.12. The number of nitrogens with zero attached hydrogens (tertiary/aromatic N) is 1. The average Bonchev–Trinajstić information content (AvgIpc) is 2.47. The van der Waals surface area contributed by atoms with Crippen molar-refractivity contribution in [3.05, 3.63) is 0 Å². The zero-order chi connectivity index (χ0) is 11.1. The van der Waals surface area contributed by atoms with Gasteiger partial charge in [-0.15, -0.1) is 0 Å². The van der Waals surface area contributed by atoms with Gasteiger partial charge in [-0.2, -0.15) is 8.78 Å². The molecule has 0 aromatic carbocycles. The molecule has 1 heterocycles. The molecule has 0 aromatic heterocycles. The fourth-order valence-electron chi connectivity index (χ4n) is 1.65. The SMILES string of the molecule is CC.CC1CC(COC(F)F)CN1C. The Kier molecular flexibility index (Phi) is 7.01. The Hall–Kier alpha value is -0.220. The molecule has 1 rings (SSSR count). The summed E-state index contributed by atoms with van der Waals surface area (Å²) in [7, 11) is 2.01. The van der Waals surface area contributed by atoms with Gasteiger partial charge in [-0.1, -0.05) is 13.8 Å². The third-order valence-corrected chi connectivity index (χ3v) is 2.43. The minimum Gasteiger partial charge on any atom is -0.323 e. The fourth-order valence-corrected chi connectivity index (χ4v) is 1.65. The second-order valence-corrected chi connectivity index (χ2v) is 3.48. The van der Waals surface area contributed by atoms with Gasteiger partial charge >= 0.3 is 6.61 Å². The Labute approximate surface area is 85.2 Å². The molecule has 2 atom stereocenters. The lowest BCUT2D eigenvalue weighted by molar-refractivity contribution is -0.137. The molecule has 4 heteroatoms. The lowest BCUT2D eigenvalue weighted by Gasteiger charge is -2.12. The molecule has 0 saturated carbocycles. The van der Waals surface area contributed by atoms with Crippen LogP contribution in [0.25, 0.3) is 0 Å². The monoisotopic (exact) mass is 209 g/mol. The van der Waals surface area contributed by atoms with Crippen LogP contribution >= 0.6 is 0 Å². The van der Waals surface area contributed by atoms with Crippen molar-refractivity contribution in [2.24, 2.45) is 5.92 Å². The third kappa shape index (κ3) is 4.86. The second-order valence-electron chi connectivity index (χ2n) is 3.48.